The molecule has 1 aromatic carbocycles. The van der Waals surface area contributed by atoms with E-state index in [0.29, 0.717) is 6.42 Å². The first-order valence-electron chi connectivity index (χ1n) is 5.04. The lowest BCUT2D eigenvalue weighted by molar-refractivity contribution is -0.129. The molecule has 0 aromatic heterocycles. The highest BCUT2D eigenvalue weighted by atomic mass is 35.5. The van der Waals surface area contributed by atoms with E-state index in [1.807, 2.05) is 24.3 Å². The maximum atomic E-state index is 11.3. The van der Waals surface area contributed by atoms with E-state index < -0.39 is 0 Å². The Balaban J connectivity index is 1.87. The summed E-state index contributed by atoms with van der Waals surface area (Å²) in [6.45, 7) is 1.49. The number of carbonyl (C=O) groups is 1. The van der Waals surface area contributed by atoms with Gasteiger partial charge in [0.2, 0.25) is 5.91 Å². The molecule has 0 spiro atoms. The Morgan fingerprint density at radius 2 is 2.07 bits per heavy atom. The average Bonchev–Trinajstić information content (AvgIpc) is 2.63. The number of hydrazine groups is 1. The lowest BCUT2D eigenvalue weighted by atomic mass is 10.1. The molecule has 1 heterocycles. The zero-order chi connectivity index (χ0) is 10.7. The van der Waals surface area contributed by atoms with E-state index in [1.165, 1.54) is 5.56 Å². The van der Waals surface area contributed by atoms with Crippen molar-refractivity contribution >= 4 is 17.5 Å². The molecular formula is C11H13ClN2O. The standard InChI is InChI=1S/C11H13ClN2O/c12-10-3-1-9(2-4-10)6-8-14-11(15)5-7-13-14/h1-4,13H,5-8H2. The highest BCUT2D eigenvalue weighted by Gasteiger charge is 2.18. The smallest absolute Gasteiger partial charge is 0.238 e. The van der Waals surface area contributed by atoms with E-state index in [2.05, 4.69) is 5.43 Å². The van der Waals surface area contributed by atoms with Gasteiger partial charge in [0.15, 0.2) is 0 Å². The third kappa shape index (κ3) is 2.70. The quantitative estimate of drug-likeness (QED) is 0.846. The van der Waals surface area contributed by atoms with E-state index in [9.17, 15) is 4.79 Å². The van der Waals surface area contributed by atoms with Crippen molar-refractivity contribution in [2.24, 2.45) is 0 Å². The molecule has 0 atom stereocenters. The number of hydrogen-bond donors (Lipinski definition) is 1. The zero-order valence-corrected chi connectivity index (χ0v) is 9.13. The van der Waals surface area contributed by atoms with Gasteiger partial charge < -0.3 is 0 Å². The molecule has 1 N–H and O–H groups in total. The van der Waals surface area contributed by atoms with Crippen LogP contribution in [-0.4, -0.2) is 24.0 Å². The van der Waals surface area contributed by atoms with Crippen LogP contribution in [0, 0.1) is 0 Å². The van der Waals surface area contributed by atoms with Crippen LogP contribution in [0.1, 0.15) is 12.0 Å². The van der Waals surface area contributed by atoms with Crippen LogP contribution >= 0.6 is 11.6 Å². The van der Waals surface area contributed by atoms with Crippen LogP contribution in [0.25, 0.3) is 0 Å². The number of benzene rings is 1. The van der Waals surface area contributed by atoms with Crippen molar-refractivity contribution in [3.8, 4) is 0 Å². The molecule has 0 aliphatic carbocycles. The predicted octanol–water partition coefficient (Wildman–Crippen LogP) is 1.62. The molecule has 1 saturated heterocycles. The van der Waals surface area contributed by atoms with Gasteiger partial charge in [0, 0.05) is 24.5 Å². The van der Waals surface area contributed by atoms with Crippen molar-refractivity contribution in [3.63, 3.8) is 0 Å². The van der Waals surface area contributed by atoms with Crippen molar-refractivity contribution in [1.29, 1.82) is 0 Å². The Labute approximate surface area is 94.0 Å². The second kappa shape index (κ2) is 4.64. The largest absolute Gasteiger partial charge is 0.278 e. The number of hydrogen-bond acceptors (Lipinski definition) is 2. The summed E-state index contributed by atoms with van der Waals surface area (Å²) in [6, 6.07) is 7.72. The molecule has 1 aliphatic heterocycles. The minimum atomic E-state index is 0.184. The number of rotatable bonds is 3. The summed E-state index contributed by atoms with van der Waals surface area (Å²) >= 11 is 5.79. The Morgan fingerprint density at radius 1 is 1.33 bits per heavy atom. The van der Waals surface area contributed by atoms with Crippen LogP contribution in [0.3, 0.4) is 0 Å². The molecule has 4 heteroatoms. The summed E-state index contributed by atoms with van der Waals surface area (Å²) in [5, 5.41) is 2.43. The molecule has 1 fully saturated rings. The summed E-state index contributed by atoms with van der Waals surface area (Å²) < 4.78 is 0. The fourth-order valence-corrected chi connectivity index (χ4v) is 1.74. The predicted molar refractivity (Wildman–Crippen MR) is 59.5 cm³/mol. The molecule has 1 aromatic rings. The second-order valence-corrected chi connectivity index (χ2v) is 4.02. The van der Waals surface area contributed by atoms with E-state index in [1.54, 1.807) is 5.01 Å². The molecule has 0 saturated carbocycles. The molecule has 0 radical (unpaired) electrons. The highest BCUT2D eigenvalue weighted by Crippen LogP contribution is 2.10. The van der Waals surface area contributed by atoms with Crippen LogP contribution in [0.4, 0.5) is 0 Å². The van der Waals surface area contributed by atoms with Crippen LogP contribution in [0.2, 0.25) is 5.02 Å². The maximum absolute atomic E-state index is 11.3. The maximum Gasteiger partial charge on any atom is 0.238 e. The Hall–Kier alpha value is -1.06. The van der Waals surface area contributed by atoms with Gasteiger partial charge >= 0.3 is 0 Å². The molecule has 15 heavy (non-hydrogen) atoms. The summed E-state index contributed by atoms with van der Waals surface area (Å²) in [6.07, 6.45) is 1.47. The average molecular weight is 225 g/mol. The van der Waals surface area contributed by atoms with E-state index >= 15 is 0 Å². The molecule has 3 nitrogen and oxygen atoms in total. The summed E-state index contributed by atoms with van der Waals surface area (Å²) in [4.78, 5) is 11.3. The summed E-state index contributed by atoms with van der Waals surface area (Å²) in [5.74, 6) is 0.184. The van der Waals surface area contributed by atoms with Gasteiger partial charge in [-0.05, 0) is 24.1 Å². The molecule has 1 amide bonds. The summed E-state index contributed by atoms with van der Waals surface area (Å²) in [7, 11) is 0. The van der Waals surface area contributed by atoms with Crippen molar-refractivity contribution in [2.75, 3.05) is 13.1 Å². The van der Waals surface area contributed by atoms with Gasteiger partial charge in [-0.1, -0.05) is 23.7 Å². The number of nitrogens with one attached hydrogen (secondary N) is 1. The van der Waals surface area contributed by atoms with Crippen molar-refractivity contribution in [3.05, 3.63) is 34.9 Å². The van der Waals surface area contributed by atoms with Gasteiger partial charge in [-0.25, -0.2) is 5.43 Å². The van der Waals surface area contributed by atoms with Gasteiger partial charge in [-0.3, -0.25) is 9.80 Å². The van der Waals surface area contributed by atoms with Crippen LogP contribution in [0.15, 0.2) is 24.3 Å². The molecule has 1 aliphatic rings. The monoisotopic (exact) mass is 224 g/mol. The van der Waals surface area contributed by atoms with Crippen LogP contribution in [-0.2, 0) is 11.2 Å². The molecule has 0 bridgehead atoms. The fraction of sp³-hybridized carbons (Fsp3) is 0.364. The molecular weight excluding hydrogens is 212 g/mol. The SMILES string of the molecule is O=C1CCNN1CCc1ccc(Cl)cc1. The number of halogens is 1. The molecule has 0 unspecified atom stereocenters. The third-order valence-corrected chi connectivity index (χ3v) is 2.73. The lowest BCUT2D eigenvalue weighted by Gasteiger charge is -2.15. The van der Waals surface area contributed by atoms with Crippen LogP contribution in [0.5, 0.6) is 0 Å². The van der Waals surface area contributed by atoms with Crippen molar-refractivity contribution < 1.29 is 4.79 Å². The number of carbonyl (C=O) groups excluding carboxylic acids is 1. The number of nitrogens with zero attached hydrogens (tertiary/aromatic N) is 1. The first kappa shape index (κ1) is 10.5. The van der Waals surface area contributed by atoms with E-state index in [0.717, 1.165) is 24.5 Å². The molecule has 2 rings (SSSR count). The van der Waals surface area contributed by atoms with E-state index in [4.69, 9.17) is 11.6 Å². The lowest BCUT2D eigenvalue weighted by Crippen LogP contribution is -2.35. The van der Waals surface area contributed by atoms with Crippen LogP contribution < -0.4 is 5.43 Å². The third-order valence-electron chi connectivity index (χ3n) is 2.48. The fourth-order valence-electron chi connectivity index (χ4n) is 1.62. The molecule has 80 valence electrons. The Morgan fingerprint density at radius 3 is 2.67 bits per heavy atom. The second-order valence-electron chi connectivity index (χ2n) is 3.58. The zero-order valence-electron chi connectivity index (χ0n) is 8.37. The highest BCUT2D eigenvalue weighted by molar-refractivity contribution is 6.30. The summed E-state index contributed by atoms with van der Waals surface area (Å²) in [5.41, 5.74) is 4.24. The van der Waals surface area contributed by atoms with Gasteiger partial charge in [0.25, 0.3) is 0 Å². The van der Waals surface area contributed by atoms with Gasteiger partial charge in [-0.2, -0.15) is 0 Å². The number of amides is 1. The Bertz CT molecular complexity index is 350. The normalized spacial score (nSPS) is 16.1. The van der Waals surface area contributed by atoms with Crippen molar-refractivity contribution in [2.45, 2.75) is 12.8 Å². The topological polar surface area (TPSA) is 32.3 Å². The first-order chi connectivity index (χ1) is 7.25. The minimum Gasteiger partial charge on any atom is -0.278 e. The Kier molecular flexibility index (Phi) is 3.23. The van der Waals surface area contributed by atoms with Gasteiger partial charge in [-0.15, -0.1) is 0 Å². The van der Waals surface area contributed by atoms with Crippen molar-refractivity contribution in [1.82, 2.24) is 10.4 Å². The first-order valence-corrected chi connectivity index (χ1v) is 5.42. The van der Waals surface area contributed by atoms with E-state index in [-0.39, 0.29) is 5.91 Å². The van der Waals surface area contributed by atoms with Gasteiger partial charge in [0.05, 0.1) is 0 Å². The minimum absolute atomic E-state index is 0.184. The van der Waals surface area contributed by atoms with Gasteiger partial charge in [0.1, 0.15) is 0 Å².